The van der Waals surface area contributed by atoms with Gasteiger partial charge in [-0.25, -0.2) is 8.42 Å². The lowest BCUT2D eigenvalue weighted by Gasteiger charge is -2.28. The van der Waals surface area contributed by atoms with Gasteiger partial charge in [-0.05, 0) is 28.8 Å². The first-order valence-electron chi connectivity index (χ1n) is 8.40. The second-order valence-corrected chi connectivity index (χ2v) is 7.32. The van der Waals surface area contributed by atoms with Crippen LogP contribution in [0.3, 0.4) is 0 Å². The van der Waals surface area contributed by atoms with Crippen molar-refractivity contribution in [2.24, 2.45) is 0 Å². The van der Waals surface area contributed by atoms with E-state index in [1.165, 1.54) is 0 Å². The van der Waals surface area contributed by atoms with E-state index < -0.39 is 10.7 Å². The minimum absolute atomic E-state index is 0.0374. The van der Waals surface area contributed by atoms with Gasteiger partial charge >= 0.3 is 0 Å². The summed E-state index contributed by atoms with van der Waals surface area (Å²) in [5.41, 5.74) is 4.27. The monoisotopic (exact) mass is 380 g/mol. The van der Waals surface area contributed by atoms with E-state index >= 15 is 0 Å². The summed E-state index contributed by atoms with van der Waals surface area (Å²) in [6, 6.07) is 15.4. The van der Waals surface area contributed by atoms with Crippen LogP contribution in [0.1, 0.15) is 11.3 Å². The van der Waals surface area contributed by atoms with Crippen LogP contribution in [0, 0.1) is 11.3 Å². The van der Waals surface area contributed by atoms with Crippen molar-refractivity contribution in [1.82, 2.24) is 10.2 Å². The zero-order valence-electron chi connectivity index (χ0n) is 14.3. The van der Waals surface area contributed by atoms with Gasteiger partial charge in [0, 0.05) is 5.39 Å². The molecule has 2 heterocycles. The molecule has 136 valence electrons. The topological polar surface area (TPSA) is 105 Å². The van der Waals surface area contributed by atoms with E-state index in [4.69, 9.17) is 4.74 Å². The van der Waals surface area contributed by atoms with Gasteiger partial charge in [0.05, 0.1) is 36.2 Å². The molecule has 1 aliphatic heterocycles. The number of nitrogens with one attached hydrogen (secondary N) is 1. The summed E-state index contributed by atoms with van der Waals surface area (Å²) in [7, 11) is -2.44. The van der Waals surface area contributed by atoms with E-state index in [1.54, 1.807) is 12.1 Å². The molecule has 0 radical (unpaired) electrons. The lowest BCUT2D eigenvalue weighted by atomic mass is 10.0. The highest BCUT2D eigenvalue weighted by molar-refractivity contribution is 7.71. The average Bonchev–Trinajstić information content (AvgIpc) is 2.64. The van der Waals surface area contributed by atoms with E-state index in [0.29, 0.717) is 24.4 Å². The van der Waals surface area contributed by atoms with E-state index in [9.17, 15) is 13.7 Å². The van der Waals surface area contributed by atoms with Gasteiger partial charge in [0.1, 0.15) is 16.8 Å². The Morgan fingerprint density at radius 3 is 2.48 bits per heavy atom. The molecule has 4 rings (SSSR count). The summed E-state index contributed by atoms with van der Waals surface area (Å²) in [5, 5.41) is 21.7. The predicted molar refractivity (Wildman–Crippen MR) is 102 cm³/mol. The number of anilines is 1. The summed E-state index contributed by atoms with van der Waals surface area (Å²) in [5.74, 6) is 0.0374. The number of thiol groups is 1. The SMILES string of the molecule is N#Cc1nnc2cc(-c3ccc(C[SH](=O)=O)cc3)ccc2c1NC1COC1. The minimum atomic E-state index is -2.44. The lowest BCUT2D eigenvalue weighted by Crippen LogP contribution is -2.40. The second-order valence-electron chi connectivity index (χ2n) is 6.33. The van der Waals surface area contributed by atoms with Gasteiger partial charge in [-0.1, -0.05) is 30.3 Å². The predicted octanol–water partition coefficient (Wildman–Crippen LogP) is 2.09. The van der Waals surface area contributed by atoms with Crippen molar-refractivity contribution < 1.29 is 13.2 Å². The van der Waals surface area contributed by atoms with Gasteiger partial charge < -0.3 is 10.1 Å². The Balaban J connectivity index is 1.71. The average molecular weight is 380 g/mol. The summed E-state index contributed by atoms with van der Waals surface area (Å²) >= 11 is 0. The van der Waals surface area contributed by atoms with Gasteiger partial charge in [0.25, 0.3) is 0 Å². The van der Waals surface area contributed by atoms with Crippen molar-refractivity contribution in [2.45, 2.75) is 11.8 Å². The van der Waals surface area contributed by atoms with Crippen LogP contribution in [0.2, 0.25) is 0 Å². The summed E-state index contributed by atoms with van der Waals surface area (Å²) in [6.45, 7) is 1.21. The number of nitrogens with zero attached hydrogens (tertiary/aromatic N) is 3. The van der Waals surface area contributed by atoms with Crippen LogP contribution >= 0.6 is 0 Å². The van der Waals surface area contributed by atoms with Crippen molar-refractivity contribution in [1.29, 1.82) is 5.26 Å². The van der Waals surface area contributed by atoms with Gasteiger partial charge in [-0.2, -0.15) is 5.26 Å². The van der Waals surface area contributed by atoms with Gasteiger partial charge in [0.15, 0.2) is 5.69 Å². The number of ether oxygens (including phenoxy) is 1. The van der Waals surface area contributed by atoms with Crippen LogP contribution in [0.4, 0.5) is 5.69 Å². The molecule has 1 aromatic heterocycles. The quantitative estimate of drug-likeness (QED) is 0.653. The molecule has 0 atom stereocenters. The molecular formula is C19H16N4O3S. The van der Waals surface area contributed by atoms with Crippen LogP contribution < -0.4 is 5.32 Å². The standard InChI is InChI=1S/C19H16N4O3S/c20-8-18-19(21-15-9-26-10-15)16-6-5-14(7-17(16)22-23-18)13-3-1-12(2-4-13)11-27(24)25/h1-7,15,27H,9-11H2,(H,21,22). The molecule has 0 amide bonds. The Bertz CT molecular complexity index is 1110. The number of hydrogen-bond donors (Lipinski definition) is 2. The van der Waals surface area contributed by atoms with Crippen molar-refractivity contribution in [3.63, 3.8) is 0 Å². The Labute approximate surface area is 157 Å². The molecule has 27 heavy (non-hydrogen) atoms. The smallest absolute Gasteiger partial charge is 0.186 e. The first-order chi connectivity index (χ1) is 13.1. The fraction of sp³-hybridized carbons (Fsp3) is 0.211. The summed E-state index contributed by atoms with van der Waals surface area (Å²) in [4.78, 5) is 0. The number of benzene rings is 2. The number of rotatable bonds is 5. The highest BCUT2D eigenvalue weighted by atomic mass is 32.2. The lowest BCUT2D eigenvalue weighted by molar-refractivity contribution is 0.0211. The second kappa shape index (κ2) is 7.31. The third-order valence-electron chi connectivity index (χ3n) is 4.45. The van der Waals surface area contributed by atoms with E-state index in [1.807, 2.05) is 30.3 Å². The molecule has 1 fully saturated rings. The molecule has 0 saturated carbocycles. The van der Waals surface area contributed by atoms with E-state index in [-0.39, 0.29) is 17.5 Å². The van der Waals surface area contributed by atoms with Crippen molar-refractivity contribution in [3.8, 4) is 17.2 Å². The zero-order chi connectivity index (χ0) is 18.8. The minimum Gasteiger partial charge on any atom is -0.377 e. The molecule has 0 aliphatic carbocycles. The molecule has 2 aromatic carbocycles. The molecule has 1 aliphatic rings. The van der Waals surface area contributed by atoms with Crippen LogP contribution in [-0.2, 0) is 21.2 Å². The maximum absolute atomic E-state index is 10.8. The van der Waals surface area contributed by atoms with Gasteiger partial charge in [0.2, 0.25) is 0 Å². The molecule has 0 unspecified atom stereocenters. The number of hydrogen-bond acceptors (Lipinski definition) is 7. The normalized spacial score (nSPS) is 14.1. The van der Waals surface area contributed by atoms with Crippen LogP contribution in [0.15, 0.2) is 42.5 Å². The Kier molecular flexibility index (Phi) is 4.71. The largest absolute Gasteiger partial charge is 0.377 e. The molecule has 0 spiro atoms. The summed E-state index contributed by atoms with van der Waals surface area (Å²) < 4.78 is 26.9. The third kappa shape index (κ3) is 3.60. The van der Waals surface area contributed by atoms with Crippen LogP contribution in [0.25, 0.3) is 22.0 Å². The van der Waals surface area contributed by atoms with Gasteiger partial charge in [-0.3, -0.25) is 0 Å². The molecular weight excluding hydrogens is 364 g/mol. The molecule has 1 N–H and O–H groups in total. The van der Waals surface area contributed by atoms with Crippen molar-refractivity contribution >= 4 is 27.3 Å². The Morgan fingerprint density at radius 2 is 1.85 bits per heavy atom. The first-order valence-corrected chi connectivity index (χ1v) is 9.76. The Hall–Kier alpha value is -3.02. The van der Waals surface area contributed by atoms with Crippen LogP contribution in [-0.4, -0.2) is 37.9 Å². The number of nitriles is 1. The highest BCUT2D eigenvalue weighted by Crippen LogP contribution is 2.30. The maximum atomic E-state index is 10.8. The molecule has 7 nitrogen and oxygen atoms in total. The third-order valence-corrected chi connectivity index (χ3v) is 5.08. The van der Waals surface area contributed by atoms with Gasteiger partial charge in [-0.15, -0.1) is 10.2 Å². The first kappa shape index (κ1) is 17.4. The molecule has 1 saturated heterocycles. The number of fused-ring (bicyclic) bond motifs is 1. The molecule has 0 bridgehead atoms. The summed E-state index contributed by atoms with van der Waals surface area (Å²) in [6.07, 6.45) is 0. The zero-order valence-corrected chi connectivity index (χ0v) is 15.1. The maximum Gasteiger partial charge on any atom is 0.186 e. The fourth-order valence-electron chi connectivity index (χ4n) is 2.99. The highest BCUT2D eigenvalue weighted by Gasteiger charge is 2.21. The van der Waals surface area contributed by atoms with E-state index in [0.717, 1.165) is 22.1 Å². The fourth-order valence-corrected chi connectivity index (χ4v) is 3.49. The van der Waals surface area contributed by atoms with Crippen molar-refractivity contribution in [3.05, 3.63) is 53.7 Å². The van der Waals surface area contributed by atoms with E-state index in [2.05, 4.69) is 21.6 Å². The Morgan fingerprint density at radius 1 is 1.11 bits per heavy atom. The van der Waals surface area contributed by atoms with Crippen LogP contribution in [0.5, 0.6) is 0 Å². The van der Waals surface area contributed by atoms with Crippen molar-refractivity contribution in [2.75, 3.05) is 18.5 Å². The molecule has 8 heteroatoms. The number of aromatic nitrogens is 2. The molecule has 3 aromatic rings.